The number of amides is 1. The highest BCUT2D eigenvalue weighted by atomic mass is 16.6. The van der Waals surface area contributed by atoms with Crippen molar-refractivity contribution in [1.29, 1.82) is 0 Å². The summed E-state index contributed by atoms with van der Waals surface area (Å²) in [6, 6.07) is 2.47. The number of carbonyl (C=O) groups is 2. The van der Waals surface area contributed by atoms with Gasteiger partial charge in [-0.2, -0.15) is 0 Å². The predicted molar refractivity (Wildman–Crippen MR) is 91.1 cm³/mol. The standard InChI is InChI=1S/C16H17N3O8/c1-25-12-6-9(11(19(23)24)7-13(12)26-2)8-27-16(22)18-5-3-4-10(14(18)17)15(20)21/h3-7,14H,8,17H2,1-2H3,(H,20,21). The number of ether oxygens (including phenoxy) is 3. The van der Waals surface area contributed by atoms with Crippen LogP contribution in [0.5, 0.6) is 11.5 Å². The van der Waals surface area contributed by atoms with Crippen molar-refractivity contribution in [2.75, 3.05) is 14.2 Å². The van der Waals surface area contributed by atoms with Crippen LogP contribution in [0.1, 0.15) is 5.56 Å². The fourth-order valence-corrected chi connectivity index (χ4v) is 2.36. The second-order valence-corrected chi connectivity index (χ2v) is 5.27. The number of nitro groups is 1. The number of carbonyl (C=O) groups excluding carboxylic acids is 1. The fourth-order valence-electron chi connectivity index (χ4n) is 2.36. The van der Waals surface area contributed by atoms with Gasteiger partial charge in [0.25, 0.3) is 5.69 Å². The van der Waals surface area contributed by atoms with Crippen molar-refractivity contribution in [1.82, 2.24) is 4.90 Å². The molecule has 3 N–H and O–H groups in total. The molecule has 144 valence electrons. The van der Waals surface area contributed by atoms with E-state index in [2.05, 4.69) is 0 Å². The Morgan fingerprint density at radius 2 is 1.93 bits per heavy atom. The van der Waals surface area contributed by atoms with E-state index in [1.807, 2.05) is 0 Å². The van der Waals surface area contributed by atoms with Gasteiger partial charge in [-0.15, -0.1) is 0 Å². The van der Waals surface area contributed by atoms with E-state index in [0.717, 1.165) is 11.0 Å². The van der Waals surface area contributed by atoms with Gasteiger partial charge in [0.05, 0.1) is 36.3 Å². The summed E-state index contributed by atoms with van der Waals surface area (Å²) >= 11 is 0. The van der Waals surface area contributed by atoms with Gasteiger partial charge in [0.2, 0.25) is 0 Å². The molecule has 11 nitrogen and oxygen atoms in total. The van der Waals surface area contributed by atoms with Gasteiger partial charge in [-0.05, 0) is 18.2 Å². The van der Waals surface area contributed by atoms with Gasteiger partial charge in [0.1, 0.15) is 12.8 Å². The van der Waals surface area contributed by atoms with Crippen LogP contribution in [0.15, 0.2) is 36.1 Å². The van der Waals surface area contributed by atoms with E-state index in [-0.39, 0.29) is 28.3 Å². The van der Waals surface area contributed by atoms with E-state index in [1.165, 1.54) is 38.6 Å². The van der Waals surface area contributed by atoms with Gasteiger partial charge in [-0.3, -0.25) is 15.0 Å². The first-order valence-corrected chi connectivity index (χ1v) is 7.51. The zero-order chi connectivity index (χ0) is 20.1. The largest absolute Gasteiger partial charge is 0.493 e. The van der Waals surface area contributed by atoms with Crippen molar-refractivity contribution in [3.63, 3.8) is 0 Å². The van der Waals surface area contributed by atoms with Gasteiger partial charge >= 0.3 is 12.1 Å². The SMILES string of the molecule is COc1cc(COC(=O)N2C=CC=C(C(=O)O)C2N)c([N+](=O)[O-])cc1OC. The van der Waals surface area contributed by atoms with Crippen LogP contribution in [0.2, 0.25) is 0 Å². The number of nitro benzene ring substituents is 1. The molecule has 0 saturated carbocycles. The van der Waals surface area contributed by atoms with Gasteiger partial charge < -0.3 is 25.1 Å². The van der Waals surface area contributed by atoms with Crippen molar-refractivity contribution in [2.24, 2.45) is 5.73 Å². The van der Waals surface area contributed by atoms with Gasteiger partial charge in [-0.1, -0.05) is 0 Å². The number of allylic oxidation sites excluding steroid dienone is 2. The summed E-state index contributed by atoms with van der Waals surface area (Å²) in [5.41, 5.74) is 5.27. The average Bonchev–Trinajstić information content (AvgIpc) is 2.64. The Kier molecular flexibility index (Phi) is 5.98. The predicted octanol–water partition coefficient (Wildman–Crippen LogP) is 1.37. The summed E-state index contributed by atoms with van der Waals surface area (Å²) in [6.07, 6.45) is 1.63. The second-order valence-electron chi connectivity index (χ2n) is 5.27. The summed E-state index contributed by atoms with van der Waals surface area (Å²) in [7, 11) is 2.69. The van der Waals surface area contributed by atoms with Crippen LogP contribution in [-0.2, 0) is 16.1 Å². The Bertz CT molecular complexity index is 833. The first kappa shape index (κ1) is 19.7. The zero-order valence-electron chi connectivity index (χ0n) is 14.4. The maximum Gasteiger partial charge on any atom is 0.415 e. The number of hydrogen-bond donors (Lipinski definition) is 2. The number of methoxy groups -OCH3 is 2. The Morgan fingerprint density at radius 3 is 2.48 bits per heavy atom. The third-order valence-corrected chi connectivity index (χ3v) is 3.73. The first-order chi connectivity index (χ1) is 12.8. The molecule has 0 saturated heterocycles. The number of benzene rings is 1. The monoisotopic (exact) mass is 379 g/mol. The normalized spacial score (nSPS) is 15.7. The quantitative estimate of drug-likeness (QED) is 0.550. The summed E-state index contributed by atoms with van der Waals surface area (Å²) in [5.74, 6) is -0.906. The molecular formula is C16H17N3O8. The topological polar surface area (TPSA) is 154 Å². The van der Waals surface area contributed by atoms with Crippen molar-refractivity contribution in [2.45, 2.75) is 12.8 Å². The lowest BCUT2D eigenvalue weighted by Crippen LogP contribution is -2.46. The number of nitrogens with two attached hydrogens (primary N) is 1. The Labute approximate surface area is 153 Å². The van der Waals surface area contributed by atoms with Crippen molar-refractivity contribution < 1.29 is 33.8 Å². The molecule has 1 aromatic carbocycles. The minimum absolute atomic E-state index is 0.0644. The van der Waals surface area contributed by atoms with Crippen LogP contribution in [0.3, 0.4) is 0 Å². The molecule has 0 fully saturated rings. The van der Waals surface area contributed by atoms with Crippen LogP contribution in [0.25, 0.3) is 0 Å². The molecule has 1 heterocycles. The third-order valence-electron chi connectivity index (χ3n) is 3.73. The minimum Gasteiger partial charge on any atom is -0.493 e. The Morgan fingerprint density at radius 1 is 1.30 bits per heavy atom. The number of carboxylic acids is 1. The number of aliphatic carboxylic acids is 1. The lowest BCUT2D eigenvalue weighted by Gasteiger charge is -2.27. The molecule has 0 spiro atoms. The van der Waals surface area contributed by atoms with E-state index < -0.39 is 29.8 Å². The lowest BCUT2D eigenvalue weighted by molar-refractivity contribution is -0.385. The fraction of sp³-hybridized carbons (Fsp3) is 0.250. The van der Waals surface area contributed by atoms with Crippen LogP contribution in [0, 0.1) is 10.1 Å². The number of nitrogens with zero attached hydrogens (tertiary/aromatic N) is 2. The molecule has 1 atom stereocenters. The average molecular weight is 379 g/mol. The molecule has 2 rings (SSSR count). The molecule has 0 aromatic heterocycles. The van der Waals surface area contributed by atoms with Gasteiger partial charge in [0.15, 0.2) is 11.5 Å². The highest BCUT2D eigenvalue weighted by molar-refractivity contribution is 5.89. The molecule has 0 radical (unpaired) electrons. The van der Waals surface area contributed by atoms with E-state index >= 15 is 0 Å². The molecular weight excluding hydrogens is 362 g/mol. The van der Waals surface area contributed by atoms with Crippen LogP contribution >= 0.6 is 0 Å². The van der Waals surface area contributed by atoms with Crippen molar-refractivity contribution >= 4 is 17.7 Å². The molecule has 0 aliphatic carbocycles. The van der Waals surface area contributed by atoms with E-state index in [4.69, 9.17) is 25.1 Å². The molecule has 1 aliphatic rings. The van der Waals surface area contributed by atoms with Gasteiger partial charge in [0, 0.05) is 6.20 Å². The third kappa shape index (κ3) is 4.15. The highest BCUT2D eigenvalue weighted by Gasteiger charge is 2.29. The highest BCUT2D eigenvalue weighted by Crippen LogP contribution is 2.35. The van der Waals surface area contributed by atoms with E-state index in [0.29, 0.717) is 0 Å². The second kappa shape index (κ2) is 8.19. The van der Waals surface area contributed by atoms with Crippen molar-refractivity contribution in [3.8, 4) is 11.5 Å². The van der Waals surface area contributed by atoms with Crippen LogP contribution < -0.4 is 15.2 Å². The molecule has 27 heavy (non-hydrogen) atoms. The minimum atomic E-state index is -1.28. The number of rotatable bonds is 6. The zero-order valence-corrected chi connectivity index (χ0v) is 14.4. The lowest BCUT2D eigenvalue weighted by atomic mass is 10.1. The summed E-state index contributed by atoms with van der Waals surface area (Å²) < 4.78 is 15.2. The summed E-state index contributed by atoms with van der Waals surface area (Å²) in [6.45, 7) is -0.460. The molecule has 1 amide bonds. The molecule has 1 unspecified atom stereocenters. The summed E-state index contributed by atoms with van der Waals surface area (Å²) in [4.78, 5) is 34.8. The Hall–Kier alpha value is -3.60. The Balaban J connectivity index is 2.20. The van der Waals surface area contributed by atoms with E-state index in [9.17, 15) is 19.7 Å². The number of hydrogen-bond acceptors (Lipinski definition) is 8. The van der Waals surface area contributed by atoms with Gasteiger partial charge in [-0.25, -0.2) is 9.59 Å². The van der Waals surface area contributed by atoms with Crippen molar-refractivity contribution in [3.05, 3.63) is 51.7 Å². The molecule has 11 heteroatoms. The summed E-state index contributed by atoms with van der Waals surface area (Å²) in [5, 5.41) is 20.3. The first-order valence-electron chi connectivity index (χ1n) is 7.51. The van der Waals surface area contributed by atoms with E-state index in [1.54, 1.807) is 0 Å². The maximum atomic E-state index is 12.2. The van der Waals surface area contributed by atoms with Crippen LogP contribution in [0.4, 0.5) is 10.5 Å². The number of carboxylic acid groups (broad SMARTS) is 1. The smallest absolute Gasteiger partial charge is 0.415 e. The molecule has 1 aromatic rings. The molecule has 1 aliphatic heterocycles. The molecule has 0 bridgehead atoms. The van der Waals surface area contributed by atoms with Crippen LogP contribution in [-0.4, -0.2) is 47.4 Å². The maximum absolute atomic E-state index is 12.2.